The van der Waals surface area contributed by atoms with E-state index < -0.39 is 28.0 Å². The highest BCUT2D eigenvalue weighted by molar-refractivity contribution is 8.03. The van der Waals surface area contributed by atoms with Crippen molar-refractivity contribution in [3.05, 3.63) is 91.2 Å². The third kappa shape index (κ3) is 3.26. The molecule has 0 aliphatic carbocycles. The molecule has 26 heavy (non-hydrogen) atoms. The summed E-state index contributed by atoms with van der Waals surface area (Å²) in [6, 6.07) is 13.0. The molecule has 0 spiro atoms. The highest BCUT2D eigenvalue weighted by Gasteiger charge is 2.48. The van der Waals surface area contributed by atoms with Crippen LogP contribution in [0.2, 0.25) is 5.02 Å². The van der Waals surface area contributed by atoms with Crippen molar-refractivity contribution in [3.63, 3.8) is 0 Å². The Hall–Kier alpha value is -2.56. The number of nitriles is 1. The van der Waals surface area contributed by atoms with Gasteiger partial charge in [-0.15, -0.1) is 0 Å². The molecule has 3 atom stereocenters. The van der Waals surface area contributed by atoms with E-state index in [1.165, 1.54) is 24.3 Å². The maximum atomic E-state index is 13.3. The van der Waals surface area contributed by atoms with Crippen molar-refractivity contribution in [2.45, 2.75) is 17.2 Å². The van der Waals surface area contributed by atoms with Crippen molar-refractivity contribution in [2.75, 3.05) is 0 Å². The number of rotatable bonds is 3. The van der Waals surface area contributed by atoms with Gasteiger partial charge in [0, 0.05) is 9.95 Å². The molecule has 8 heteroatoms. The SMILES string of the molecule is N#CC1=C(N)S[C@H](c2ccc(F)cc2)[C@H]([N+](=O)[O-])[C@H]1c1ccccc1Cl. The molecule has 2 aromatic carbocycles. The Labute approximate surface area is 158 Å². The van der Waals surface area contributed by atoms with E-state index in [1.54, 1.807) is 24.3 Å². The number of nitro groups is 1. The van der Waals surface area contributed by atoms with Gasteiger partial charge in [0.15, 0.2) is 0 Å². The molecular weight excluding hydrogens is 377 g/mol. The molecule has 132 valence electrons. The van der Waals surface area contributed by atoms with Crippen LogP contribution < -0.4 is 5.73 Å². The van der Waals surface area contributed by atoms with Gasteiger partial charge in [0.2, 0.25) is 6.04 Å². The summed E-state index contributed by atoms with van der Waals surface area (Å²) >= 11 is 7.31. The van der Waals surface area contributed by atoms with Crippen molar-refractivity contribution >= 4 is 23.4 Å². The normalized spacial score (nSPS) is 22.7. The standard InChI is InChI=1S/C18H13ClFN3O2S/c19-14-4-2-1-3-12(14)15-13(9-21)18(22)26-17(16(15)23(24)25)10-5-7-11(20)8-6-10/h1-8,15-17H,22H2/t15-,16+,17+/m0/s1. The molecule has 3 rings (SSSR count). The van der Waals surface area contributed by atoms with Crippen molar-refractivity contribution in [3.8, 4) is 6.07 Å². The Kier molecular flexibility index (Phi) is 5.16. The maximum Gasteiger partial charge on any atom is 0.240 e. The highest BCUT2D eigenvalue weighted by atomic mass is 35.5. The lowest BCUT2D eigenvalue weighted by Gasteiger charge is -2.32. The van der Waals surface area contributed by atoms with E-state index in [-0.39, 0.29) is 10.6 Å². The van der Waals surface area contributed by atoms with Gasteiger partial charge >= 0.3 is 0 Å². The lowest BCUT2D eigenvalue weighted by Crippen LogP contribution is -2.37. The van der Waals surface area contributed by atoms with Crippen LogP contribution in [0.1, 0.15) is 22.3 Å². The van der Waals surface area contributed by atoms with E-state index in [9.17, 15) is 19.8 Å². The predicted molar refractivity (Wildman–Crippen MR) is 98.5 cm³/mol. The number of benzene rings is 2. The molecule has 0 amide bonds. The average Bonchev–Trinajstić information content (AvgIpc) is 2.61. The largest absolute Gasteiger partial charge is 0.393 e. The number of hydrogen-bond acceptors (Lipinski definition) is 5. The molecule has 0 fully saturated rings. The lowest BCUT2D eigenvalue weighted by atomic mass is 9.82. The third-order valence-electron chi connectivity index (χ3n) is 4.28. The topological polar surface area (TPSA) is 93.0 Å². The molecule has 0 radical (unpaired) electrons. The van der Waals surface area contributed by atoms with E-state index in [0.29, 0.717) is 16.1 Å². The average molecular weight is 390 g/mol. The molecule has 1 aliphatic rings. The fourth-order valence-corrected chi connectivity index (χ4v) is 4.63. The minimum atomic E-state index is -1.17. The van der Waals surface area contributed by atoms with Crippen LogP contribution in [0.5, 0.6) is 0 Å². The molecule has 2 aromatic rings. The highest BCUT2D eigenvalue weighted by Crippen LogP contribution is 2.51. The summed E-state index contributed by atoms with van der Waals surface area (Å²) in [5, 5.41) is 21.4. The minimum absolute atomic E-state index is 0.128. The summed E-state index contributed by atoms with van der Waals surface area (Å²) in [6.07, 6.45) is 0. The number of nitrogens with two attached hydrogens (primary N) is 1. The quantitative estimate of drug-likeness (QED) is 0.620. The number of halogens is 2. The predicted octanol–water partition coefficient (Wildman–Crippen LogP) is 4.39. The van der Waals surface area contributed by atoms with Crippen LogP contribution in [-0.4, -0.2) is 11.0 Å². The Morgan fingerprint density at radius 2 is 1.88 bits per heavy atom. The summed E-state index contributed by atoms with van der Waals surface area (Å²) in [4.78, 5) is 11.6. The third-order valence-corrected chi connectivity index (χ3v) is 5.91. The Bertz CT molecular complexity index is 927. The summed E-state index contributed by atoms with van der Waals surface area (Å²) in [5.41, 5.74) is 7.24. The zero-order valence-electron chi connectivity index (χ0n) is 13.3. The van der Waals surface area contributed by atoms with Crippen LogP contribution in [0.3, 0.4) is 0 Å². The van der Waals surface area contributed by atoms with Gasteiger partial charge in [-0.05, 0) is 29.3 Å². The van der Waals surface area contributed by atoms with Crippen LogP contribution in [0.4, 0.5) is 4.39 Å². The Balaban J connectivity index is 2.20. The van der Waals surface area contributed by atoms with Crippen LogP contribution >= 0.6 is 23.4 Å². The van der Waals surface area contributed by atoms with E-state index in [0.717, 1.165) is 11.8 Å². The lowest BCUT2D eigenvalue weighted by molar-refractivity contribution is -0.525. The molecule has 0 bridgehead atoms. The molecule has 1 aliphatic heterocycles. The van der Waals surface area contributed by atoms with E-state index in [2.05, 4.69) is 0 Å². The van der Waals surface area contributed by atoms with Gasteiger partial charge in [0.1, 0.15) is 11.1 Å². The van der Waals surface area contributed by atoms with Gasteiger partial charge in [-0.1, -0.05) is 53.7 Å². The molecule has 0 aromatic heterocycles. The summed E-state index contributed by atoms with van der Waals surface area (Å²) in [5.74, 6) is -1.32. The van der Waals surface area contributed by atoms with Crippen molar-refractivity contribution in [2.24, 2.45) is 5.73 Å². The van der Waals surface area contributed by atoms with Gasteiger partial charge in [-0.25, -0.2) is 4.39 Å². The van der Waals surface area contributed by atoms with Crippen LogP contribution in [-0.2, 0) is 0 Å². The zero-order valence-corrected chi connectivity index (χ0v) is 14.9. The molecule has 2 N–H and O–H groups in total. The second kappa shape index (κ2) is 7.36. The second-order valence-corrected chi connectivity index (χ2v) is 7.35. The maximum absolute atomic E-state index is 13.3. The Morgan fingerprint density at radius 1 is 1.23 bits per heavy atom. The second-order valence-electron chi connectivity index (χ2n) is 5.75. The zero-order chi connectivity index (χ0) is 18.8. The first-order valence-electron chi connectivity index (χ1n) is 7.63. The first kappa shape index (κ1) is 18.2. The fraction of sp³-hybridized carbons (Fsp3) is 0.167. The van der Waals surface area contributed by atoms with E-state index >= 15 is 0 Å². The van der Waals surface area contributed by atoms with Crippen molar-refractivity contribution < 1.29 is 9.31 Å². The van der Waals surface area contributed by atoms with Crippen molar-refractivity contribution in [1.29, 1.82) is 5.26 Å². The molecule has 1 heterocycles. The smallest absolute Gasteiger partial charge is 0.240 e. The molecule has 5 nitrogen and oxygen atoms in total. The van der Waals surface area contributed by atoms with E-state index in [1.807, 2.05) is 6.07 Å². The number of thioether (sulfide) groups is 1. The molecule has 0 saturated heterocycles. The molecule has 0 unspecified atom stereocenters. The number of nitrogens with zero attached hydrogens (tertiary/aromatic N) is 2. The van der Waals surface area contributed by atoms with Gasteiger partial charge < -0.3 is 5.73 Å². The number of hydrogen-bond donors (Lipinski definition) is 1. The minimum Gasteiger partial charge on any atom is -0.393 e. The van der Waals surface area contributed by atoms with Gasteiger partial charge in [-0.2, -0.15) is 5.26 Å². The van der Waals surface area contributed by atoms with E-state index in [4.69, 9.17) is 17.3 Å². The van der Waals surface area contributed by atoms with Crippen LogP contribution in [0.25, 0.3) is 0 Å². The molecule has 0 saturated carbocycles. The van der Waals surface area contributed by atoms with Crippen molar-refractivity contribution in [1.82, 2.24) is 0 Å². The molecular formula is C18H13ClFN3O2S. The van der Waals surface area contributed by atoms with Gasteiger partial charge in [0.25, 0.3) is 0 Å². The first-order valence-corrected chi connectivity index (χ1v) is 8.89. The summed E-state index contributed by atoms with van der Waals surface area (Å²) in [6.45, 7) is 0. The summed E-state index contributed by atoms with van der Waals surface area (Å²) in [7, 11) is 0. The fourth-order valence-electron chi connectivity index (χ4n) is 3.11. The Morgan fingerprint density at radius 3 is 2.46 bits per heavy atom. The van der Waals surface area contributed by atoms with Crippen LogP contribution in [0.15, 0.2) is 59.1 Å². The van der Waals surface area contributed by atoms with Gasteiger partial charge in [-0.3, -0.25) is 10.1 Å². The van der Waals surface area contributed by atoms with Gasteiger partial charge in [0.05, 0.1) is 22.6 Å². The van der Waals surface area contributed by atoms with Crippen LogP contribution in [0, 0.1) is 27.3 Å². The monoisotopic (exact) mass is 389 g/mol. The first-order chi connectivity index (χ1) is 12.4. The summed E-state index contributed by atoms with van der Waals surface area (Å²) < 4.78 is 13.3.